The van der Waals surface area contributed by atoms with E-state index >= 15 is 0 Å². The lowest BCUT2D eigenvalue weighted by Crippen LogP contribution is -2.62. The average molecular weight is 447 g/mol. The first-order valence-corrected chi connectivity index (χ1v) is 12.3. The highest BCUT2D eigenvalue weighted by atomic mass is 16.7. The minimum absolute atomic E-state index is 0.348. The van der Waals surface area contributed by atoms with Gasteiger partial charge in [0.25, 0.3) is 0 Å². The maximum Gasteiger partial charge on any atom is 0.303 e. The Hall–Kier alpha value is -0.730. The number of hydrogen-bond acceptors (Lipinski definition) is 7. The van der Waals surface area contributed by atoms with Crippen molar-refractivity contribution >= 4 is 5.97 Å². The molecule has 1 heterocycles. The summed E-state index contributed by atoms with van der Waals surface area (Å²) in [4.78, 5) is 11.9. The van der Waals surface area contributed by atoms with Crippen LogP contribution in [-0.4, -0.2) is 69.7 Å². The topological polar surface area (TPSA) is 72.5 Å². The molecule has 0 N–H and O–H groups in total. The Bertz CT molecular complexity index is 446. The van der Waals surface area contributed by atoms with E-state index in [2.05, 4.69) is 27.7 Å². The molecule has 0 bridgehead atoms. The zero-order chi connectivity index (χ0) is 22.9. The van der Waals surface area contributed by atoms with Crippen LogP contribution in [-0.2, 0) is 33.2 Å². The molecule has 0 radical (unpaired) electrons. The van der Waals surface area contributed by atoms with Crippen LogP contribution in [0.5, 0.6) is 0 Å². The zero-order valence-corrected chi connectivity index (χ0v) is 20.4. The number of carbonyl (C=O) groups excluding carboxylic acids is 1. The third-order valence-corrected chi connectivity index (χ3v) is 5.21. The predicted molar refractivity (Wildman–Crippen MR) is 120 cm³/mol. The molecule has 0 aliphatic carbocycles. The molecule has 1 saturated heterocycles. The Morgan fingerprint density at radius 3 is 1.77 bits per heavy atom. The summed E-state index contributed by atoms with van der Waals surface area (Å²) in [7, 11) is 0. The van der Waals surface area contributed by atoms with Crippen molar-refractivity contribution in [1.82, 2.24) is 0 Å². The molecule has 1 fully saturated rings. The Morgan fingerprint density at radius 2 is 1.23 bits per heavy atom. The van der Waals surface area contributed by atoms with Gasteiger partial charge < -0.3 is 28.4 Å². The van der Waals surface area contributed by atoms with E-state index in [0.29, 0.717) is 33.0 Å². The lowest BCUT2D eigenvalue weighted by atomic mass is 9.98. The summed E-state index contributed by atoms with van der Waals surface area (Å²) in [5, 5.41) is 0. The second kappa shape index (κ2) is 17.8. The van der Waals surface area contributed by atoms with Crippen molar-refractivity contribution in [3.63, 3.8) is 0 Å². The van der Waals surface area contributed by atoms with Crippen LogP contribution in [0.2, 0.25) is 0 Å². The Balaban J connectivity index is 3.05. The standard InChI is InChI=1S/C24H46O7/c1-6-10-14-26-18-20-21(27-15-11-7-2)22(28-16-12-8-3)23(30-19(5)25)24(31-20)29-17-13-9-4/h20-24H,6-18H2,1-5H3/t20-,21+,22-,23-,24-/m0/s1. The molecule has 31 heavy (non-hydrogen) atoms. The number of hydrogen-bond donors (Lipinski definition) is 0. The lowest BCUT2D eigenvalue weighted by Gasteiger charge is -2.45. The summed E-state index contributed by atoms with van der Waals surface area (Å²) < 4.78 is 36.4. The molecule has 0 aromatic heterocycles. The van der Waals surface area contributed by atoms with Crippen LogP contribution in [0.15, 0.2) is 0 Å². The van der Waals surface area contributed by atoms with Gasteiger partial charge in [0.1, 0.15) is 18.3 Å². The van der Waals surface area contributed by atoms with Gasteiger partial charge in [0.15, 0.2) is 12.4 Å². The van der Waals surface area contributed by atoms with Crippen molar-refractivity contribution in [2.75, 3.05) is 33.0 Å². The third-order valence-electron chi connectivity index (χ3n) is 5.21. The minimum atomic E-state index is -0.701. The van der Waals surface area contributed by atoms with Gasteiger partial charge in [0, 0.05) is 33.4 Å². The summed E-state index contributed by atoms with van der Waals surface area (Å²) >= 11 is 0. The van der Waals surface area contributed by atoms with Gasteiger partial charge in [0.2, 0.25) is 0 Å². The first-order chi connectivity index (χ1) is 15.1. The van der Waals surface area contributed by atoms with Gasteiger partial charge >= 0.3 is 5.97 Å². The summed E-state index contributed by atoms with van der Waals surface area (Å²) in [5.74, 6) is -0.383. The fourth-order valence-corrected chi connectivity index (χ4v) is 3.37. The number of ether oxygens (including phenoxy) is 6. The van der Waals surface area contributed by atoms with Crippen molar-refractivity contribution in [3.8, 4) is 0 Å². The van der Waals surface area contributed by atoms with Crippen LogP contribution in [0.1, 0.15) is 86.0 Å². The van der Waals surface area contributed by atoms with E-state index in [9.17, 15) is 4.79 Å². The Labute approximate surface area is 189 Å². The van der Waals surface area contributed by atoms with Crippen LogP contribution in [0.4, 0.5) is 0 Å². The number of esters is 1. The second-order valence-electron chi connectivity index (χ2n) is 8.15. The molecule has 1 aliphatic rings. The quantitative estimate of drug-likeness (QED) is 0.224. The molecule has 1 rings (SSSR count). The summed E-state index contributed by atoms with van der Waals surface area (Å²) in [6, 6.07) is 0. The van der Waals surface area contributed by atoms with Crippen LogP contribution in [0, 0.1) is 0 Å². The lowest BCUT2D eigenvalue weighted by molar-refractivity contribution is -0.318. The monoisotopic (exact) mass is 446 g/mol. The van der Waals surface area contributed by atoms with Crippen molar-refractivity contribution in [3.05, 3.63) is 0 Å². The second-order valence-corrected chi connectivity index (χ2v) is 8.15. The van der Waals surface area contributed by atoms with Gasteiger partial charge in [0.05, 0.1) is 6.61 Å². The van der Waals surface area contributed by atoms with E-state index < -0.39 is 18.5 Å². The summed E-state index contributed by atoms with van der Waals surface area (Å²) in [5.41, 5.74) is 0. The van der Waals surface area contributed by atoms with Crippen molar-refractivity contribution in [1.29, 1.82) is 0 Å². The molecule has 0 aromatic carbocycles. The number of rotatable bonds is 18. The molecule has 7 nitrogen and oxygen atoms in total. The highest BCUT2D eigenvalue weighted by Gasteiger charge is 2.50. The van der Waals surface area contributed by atoms with E-state index in [0.717, 1.165) is 51.4 Å². The Kier molecular flexibility index (Phi) is 16.2. The van der Waals surface area contributed by atoms with Crippen LogP contribution < -0.4 is 0 Å². The highest BCUT2D eigenvalue weighted by molar-refractivity contribution is 5.66. The first kappa shape index (κ1) is 28.3. The molecule has 1 aliphatic heterocycles. The normalized spacial score (nSPS) is 26.2. The molecule has 0 saturated carbocycles. The van der Waals surface area contributed by atoms with Crippen LogP contribution >= 0.6 is 0 Å². The molecule has 184 valence electrons. The summed E-state index contributed by atoms with van der Waals surface area (Å²) in [6.45, 7) is 12.6. The van der Waals surface area contributed by atoms with Gasteiger partial charge in [-0.3, -0.25) is 4.79 Å². The number of unbranched alkanes of at least 4 members (excludes halogenated alkanes) is 4. The van der Waals surface area contributed by atoms with Gasteiger partial charge in [-0.2, -0.15) is 0 Å². The number of carbonyl (C=O) groups is 1. The van der Waals surface area contributed by atoms with E-state index in [1.165, 1.54) is 6.92 Å². The van der Waals surface area contributed by atoms with E-state index in [4.69, 9.17) is 28.4 Å². The average Bonchev–Trinajstić information content (AvgIpc) is 2.74. The SMILES string of the molecule is CCCCOC[C@@H]1O[C@H](OCCCC)[C@@H](OC(C)=O)[C@@H](OCCCC)[C@@H]1OCCCC. The van der Waals surface area contributed by atoms with Crippen molar-refractivity contribution in [2.24, 2.45) is 0 Å². The Morgan fingerprint density at radius 1 is 0.710 bits per heavy atom. The van der Waals surface area contributed by atoms with Crippen molar-refractivity contribution in [2.45, 2.75) is 117 Å². The van der Waals surface area contributed by atoms with Crippen molar-refractivity contribution < 1.29 is 33.2 Å². The molecular formula is C24H46O7. The van der Waals surface area contributed by atoms with Crippen LogP contribution in [0.25, 0.3) is 0 Å². The third kappa shape index (κ3) is 11.1. The van der Waals surface area contributed by atoms with Gasteiger partial charge in [-0.1, -0.05) is 53.4 Å². The van der Waals surface area contributed by atoms with Gasteiger partial charge in [-0.15, -0.1) is 0 Å². The molecule has 0 unspecified atom stereocenters. The van der Waals surface area contributed by atoms with Gasteiger partial charge in [-0.25, -0.2) is 0 Å². The fourth-order valence-electron chi connectivity index (χ4n) is 3.37. The zero-order valence-electron chi connectivity index (χ0n) is 20.4. The van der Waals surface area contributed by atoms with E-state index in [1.54, 1.807) is 0 Å². The smallest absolute Gasteiger partial charge is 0.303 e. The van der Waals surface area contributed by atoms with E-state index in [1.807, 2.05) is 0 Å². The predicted octanol–water partition coefficient (Wildman–Crippen LogP) is 4.65. The minimum Gasteiger partial charge on any atom is -0.454 e. The molecule has 0 amide bonds. The van der Waals surface area contributed by atoms with Crippen LogP contribution in [0.3, 0.4) is 0 Å². The van der Waals surface area contributed by atoms with Gasteiger partial charge in [-0.05, 0) is 25.7 Å². The largest absolute Gasteiger partial charge is 0.454 e. The molecular weight excluding hydrogens is 400 g/mol. The molecule has 0 aromatic rings. The summed E-state index contributed by atoms with van der Waals surface area (Å²) in [6.07, 6.45) is 5.31. The maximum atomic E-state index is 11.9. The van der Waals surface area contributed by atoms with E-state index in [-0.39, 0.29) is 18.2 Å². The highest BCUT2D eigenvalue weighted by Crippen LogP contribution is 2.30. The molecule has 5 atom stereocenters. The molecule has 7 heteroatoms. The maximum absolute atomic E-state index is 11.9. The fraction of sp³-hybridized carbons (Fsp3) is 0.958. The first-order valence-electron chi connectivity index (χ1n) is 12.3. The molecule has 0 spiro atoms.